The number of urea groups is 2. The number of benzene rings is 3. The SMILES string of the molecule is COc1ccc(/C=N/NC(=O)CCCCN2C(=O)N(c3ccc(Cl)cc3)C(N(O)C(=O)Nc3ccc(Cl)cc3)C2(C)C)cc1OC. The molecule has 0 aromatic heterocycles. The quantitative estimate of drug-likeness (QED) is 0.0860. The second-order valence-corrected chi connectivity index (χ2v) is 11.8. The summed E-state index contributed by atoms with van der Waals surface area (Å²) in [4.78, 5) is 42.4. The molecule has 1 atom stereocenters. The number of hydrazone groups is 1. The van der Waals surface area contributed by atoms with Crippen molar-refractivity contribution < 1.29 is 29.1 Å². The van der Waals surface area contributed by atoms with E-state index in [0.717, 1.165) is 0 Å². The van der Waals surface area contributed by atoms with Crippen molar-refractivity contribution in [2.75, 3.05) is 31.0 Å². The van der Waals surface area contributed by atoms with E-state index in [4.69, 9.17) is 32.7 Å². The molecule has 0 spiro atoms. The summed E-state index contributed by atoms with van der Waals surface area (Å²) in [5.41, 5.74) is 3.04. The van der Waals surface area contributed by atoms with E-state index in [-0.39, 0.29) is 18.9 Å². The molecule has 0 saturated carbocycles. The smallest absolute Gasteiger partial charge is 0.347 e. The topological polar surface area (TPSA) is 136 Å². The predicted molar refractivity (Wildman–Crippen MR) is 177 cm³/mol. The second-order valence-electron chi connectivity index (χ2n) is 11.0. The minimum atomic E-state index is -1.11. The van der Waals surface area contributed by atoms with Gasteiger partial charge in [0.2, 0.25) is 5.91 Å². The Labute approximate surface area is 277 Å². The number of methoxy groups -OCH3 is 2. The molecule has 12 nitrogen and oxygen atoms in total. The number of unbranched alkanes of at least 4 members (excludes halogenated alkanes) is 1. The molecule has 1 heterocycles. The van der Waals surface area contributed by atoms with Crippen LogP contribution in [0, 0.1) is 0 Å². The lowest BCUT2D eigenvalue weighted by molar-refractivity contribution is -0.121. The van der Waals surface area contributed by atoms with Crippen molar-refractivity contribution in [2.45, 2.75) is 44.8 Å². The Morgan fingerprint density at radius 2 is 1.61 bits per heavy atom. The summed E-state index contributed by atoms with van der Waals surface area (Å²) in [7, 11) is 3.08. The molecule has 14 heteroatoms. The first-order valence-electron chi connectivity index (χ1n) is 14.4. The minimum absolute atomic E-state index is 0.172. The normalized spacial score (nSPS) is 15.6. The van der Waals surface area contributed by atoms with Crippen LogP contribution in [0.3, 0.4) is 0 Å². The maximum atomic E-state index is 13.8. The number of amides is 5. The van der Waals surface area contributed by atoms with Crippen LogP contribution in [0.2, 0.25) is 10.0 Å². The number of carbonyl (C=O) groups excluding carboxylic acids is 3. The number of halogens is 2. The van der Waals surface area contributed by atoms with Gasteiger partial charge in [-0.05, 0) is 99.0 Å². The number of anilines is 2. The first-order valence-corrected chi connectivity index (χ1v) is 15.2. The van der Waals surface area contributed by atoms with E-state index in [9.17, 15) is 19.6 Å². The van der Waals surface area contributed by atoms with Crippen molar-refractivity contribution in [1.29, 1.82) is 0 Å². The molecule has 1 saturated heterocycles. The Bertz CT molecular complexity index is 1570. The Morgan fingerprint density at radius 3 is 2.24 bits per heavy atom. The minimum Gasteiger partial charge on any atom is -0.493 e. The van der Waals surface area contributed by atoms with Crippen LogP contribution >= 0.6 is 23.2 Å². The number of hydrogen-bond donors (Lipinski definition) is 3. The van der Waals surface area contributed by atoms with Crippen molar-refractivity contribution in [1.82, 2.24) is 15.4 Å². The first-order chi connectivity index (χ1) is 22.0. The average Bonchev–Trinajstić information content (AvgIpc) is 3.24. The van der Waals surface area contributed by atoms with Crippen LogP contribution in [-0.4, -0.2) is 71.8 Å². The number of rotatable bonds is 12. The molecule has 1 aliphatic rings. The van der Waals surface area contributed by atoms with Gasteiger partial charge in [0.25, 0.3) is 0 Å². The van der Waals surface area contributed by atoms with Gasteiger partial charge in [-0.1, -0.05) is 23.2 Å². The van der Waals surface area contributed by atoms with E-state index in [1.807, 2.05) is 0 Å². The molecule has 3 N–H and O–H groups in total. The molecule has 1 unspecified atom stereocenters. The highest BCUT2D eigenvalue weighted by Crippen LogP contribution is 2.38. The Morgan fingerprint density at radius 1 is 0.978 bits per heavy atom. The molecule has 5 amide bonds. The van der Waals surface area contributed by atoms with E-state index in [1.165, 1.54) is 18.2 Å². The lowest BCUT2D eigenvalue weighted by Crippen LogP contribution is -2.58. The molecule has 244 valence electrons. The molecule has 4 rings (SSSR count). The van der Waals surface area contributed by atoms with Crippen LogP contribution in [0.25, 0.3) is 0 Å². The Kier molecular flexibility index (Phi) is 11.3. The fraction of sp³-hybridized carbons (Fsp3) is 0.312. The third kappa shape index (κ3) is 8.00. The maximum absolute atomic E-state index is 13.8. The molecular weight excluding hydrogens is 635 g/mol. The predicted octanol–water partition coefficient (Wildman–Crippen LogP) is 6.60. The summed E-state index contributed by atoms with van der Waals surface area (Å²) in [6.07, 6.45) is 1.50. The number of nitrogens with zero attached hydrogens (tertiary/aromatic N) is 4. The largest absolute Gasteiger partial charge is 0.493 e. The third-order valence-electron chi connectivity index (χ3n) is 7.50. The molecule has 1 aliphatic heterocycles. The zero-order valence-corrected chi connectivity index (χ0v) is 27.4. The van der Waals surface area contributed by atoms with Gasteiger partial charge < -0.3 is 19.7 Å². The monoisotopic (exact) mass is 670 g/mol. The fourth-order valence-corrected chi connectivity index (χ4v) is 5.38. The summed E-state index contributed by atoms with van der Waals surface area (Å²) < 4.78 is 10.5. The van der Waals surface area contributed by atoms with Crippen molar-refractivity contribution in [2.24, 2.45) is 5.10 Å². The van der Waals surface area contributed by atoms with Crippen molar-refractivity contribution in [3.8, 4) is 11.5 Å². The van der Waals surface area contributed by atoms with E-state index >= 15 is 0 Å². The highest BCUT2D eigenvalue weighted by Gasteiger charge is 2.55. The van der Waals surface area contributed by atoms with Crippen molar-refractivity contribution in [3.05, 3.63) is 82.3 Å². The van der Waals surface area contributed by atoms with Gasteiger partial charge in [-0.25, -0.2) is 15.0 Å². The zero-order valence-electron chi connectivity index (χ0n) is 25.9. The van der Waals surface area contributed by atoms with Gasteiger partial charge in [0.15, 0.2) is 17.7 Å². The van der Waals surface area contributed by atoms with Gasteiger partial charge in [0, 0.05) is 34.4 Å². The van der Waals surface area contributed by atoms with Crippen LogP contribution in [0.15, 0.2) is 71.8 Å². The van der Waals surface area contributed by atoms with E-state index in [0.29, 0.717) is 56.4 Å². The zero-order chi connectivity index (χ0) is 33.4. The molecule has 1 fully saturated rings. The molecular formula is C32H36Cl2N6O6. The molecule has 3 aromatic carbocycles. The number of hydroxylamine groups is 2. The Balaban J connectivity index is 1.40. The maximum Gasteiger partial charge on any atom is 0.347 e. The lowest BCUT2D eigenvalue weighted by Gasteiger charge is -2.38. The summed E-state index contributed by atoms with van der Waals surface area (Å²) in [6.45, 7) is 3.79. The molecule has 0 aliphatic carbocycles. The lowest BCUT2D eigenvalue weighted by atomic mass is 9.99. The molecule has 46 heavy (non-hydrogen) atoms. The van der Waals surface area contributed by atoms with Gasteiger partial charge in [-0.3, -0.25) is 14.9 Å². The number of carbonyl (C=O) groups is 3. The fourth-order valence-electron chi connectivity index (χ4n) is 5.13. The van der Waals surface area contributed by atoms with Gasteiger partial charge >= 0.3 is 12.1 Å². The van der Waals surface area contributed by atoms with E-state index in [1.54, 1.807) is 92.6 Å². The first kappa shape index (κ1) is 34.4. The van der Waals surface area contributed by atoms with Crippen LogP contribution < -0.4 is 25.1 Å². The van der Waals surface area contributed by atoms with Crippen LogP contribution in [0.4, 0.5) is 21.0 Å². The summed E-state index contributed by atoms with van der Waals surface area (Å²) >= 11 is 12.0. The standard InChI is InChI=1S/C32H36Cl2N6O6/c1-32(2)29(40(44)30(42)36-24-13-9-22(33)10-14-24)39(25-15-11-23(34)12-16-25)31(43)38(32)18-6-5-7-28(41)37-35-20-21-8-17-26(45-3)27(19-21)46-4/h8-17,19-20,29,44H,5-7,18H2,1-4H3,(H,36,42)(H,37,41)/b35-20+. The van der Waals surface area contributed by atoms with Crippen LogP contribution in [0.5, 0.6) is 11.5 Å². The summed E-state index contributed by atoms with van der Waals surface area (Å²) in [6, 6.07) is 16.9. The highest BCUT2D eigenvalue weighted by atomic mass is 35.5. The third-order valence-corrected chi connectivity index (χ3v) is 8.00. The van der Waals surface area contributed by atoms with E-state index < -0.39 is 23.8 Å². The van der Waals surface area contributed by atoms with Crippen molar-refractivity contribution in [3.63, 3.8) is 0 Å². The van der Waals surface area contributed by atoms with Gasteiger partial charge in [0.05, 0.1) is 26.0 Å². The van der Waals surface area contributed by atoms with Crippen LogP contribution in [-0.2, 0) is 4.79 Å². The van der Waals surface area contributed by atoms with E-state index in [2.05, 4.69) is 15.8 Å². The average molecular weight is 672 g/mol. The summed E-state index contributed by atoms with van der Waals surface area (Å²) in [5, 5.41) is 19.3. The summed E-state index contributed by atoms with van der Waals surface area (Å²) in [5.74, 6) is 0.837. The Hall–Kier alpha value is -4.52. The number of nitrogens with one attached hydrogen (secondary N) is 2. The van der Waals surface area contributed by atoms with Crippen molar-refractivity contribution >= 4 is 58.8 Å². The van der Waals surface area contributed by atoms with Crippen LogP contribution in [0.1, 0.15) is 38.7 Å². The number of ether oxygens (including phenoxy) is 2. The number of hydrogen-bond acceptors (Lipinski definition) is 7. The second kappa shape index (κ2) is 15.2. The highest BCUT2D eigenvalue weighted by molar-refractivity contribution is 6.31. The van der Waals surface area contributed by atoms with Gasteiger partial charge in [0.1, 0.15) is 0 Å². The van der Waals surface area contributed by atoms with Gasteiger partial charge in [-0.2, -0.15) is 10.2 Å². The molecule has 0 bridgehead atoms. The molecule has 0 radical (unpaired) electrons. The molecule has 3 aromatic rings. The van der Waals surface area contributed by atoms with Gasteiger partial charge in [-0.15, -0.1) is 0 Å².